The van der Waals surface area contributed by atoms with Crippen molar-refractivity contribution in [3.63, 3.8) is 0 Å². The lowest BCUT2D eigenvalue weighted by Crippen LogP contribution is -2.30. The number of pyridine rings is 1. The number of hydrogen-bond donors (Lipinski definition) is 3. The molecule has 1 atom stereocenters. The minimum Gasteiger partial charge on any atom is -0.423 e. The van der Waals surface area contributed by atoms with Crippen molar-refractivity contribution >= 4 is 28.1 Å². The predicted octanol–water partition coefficient (Wildman–Crippen LogP) is 3.26. The van der Waals surface area contributed by atoms with E-state index in [1.807, 2.05) is 30.3 Å². The Balaban J connectivity index is 1.38. The molecule has 0 radical (unpaired) electrons. The smallest absolute Gasteiger partial charge is 0.274 e. The molecule has 0 amide bonds. The molecule has 12 heteroatoms. The highest BCUT2D eigenvalue weighted by Gasteiger charge is 2.22. The zero-order valence-corrected chi connectivity index (χ0v) is 19.5. The van der Waals surface area contributed by atoms with E-state index in [0.717, 1.165) is 5.56 Å². The van der Waals surface area contributed by atoms with Crippen molar-refractivity contribution in [3.8, 4) is 11.5 Å². The van der Waals surface area contributed by atoms with Crippen LogP contribution in [0.2, 0.25) is 0 Å². The van der Waals surface area contributed by atoms with Crippen molar-refractivity contribution in [2.45, 2.75) is 19.3 Å². The van der Waals surface area contributed by atoms with E-state index in [0.29, 0.717) is 30.2 Å². The lowest BCUT2D eigenvalue weighted by Gasteiger charge is -2.20. The van der Waals surface area contributed by atoms with E-state index in [2.05, 4.69) is 25.8 Å². The molecule has 0 aliphatic carbocycles. The Kier molecular flexibility index (Phi) is 5.87. The monoisotopic (exact) mass is 503 g/mol. The van der Waals surface area contributed by atoms with E-state index >= 15 is 4.39 Å². The van der Waals surface area contributed by atoms with Gasteiger partial charge in [0.1, 0.15) is 18.1 Å². The predicted molar refractivity (Wildman–Crippen MR) is 133 cm³/mol. The SMILES string of the molecule is O=c1c2ccc(Nc3cc(N[C@H](CO)c4ccccc4)c(-c4nnco4)cn3)c(F)c2n2n1CCOC2. The van der Waals surface area contributed by atoms with Gasteiger partial charge in [-0.05, 0) is 17.7 Å². The van der Waals surface area contributed by atoms with Gasteiger partial charge < -0.3 is 24.9 Å². The number of anilines is 3. The van der Waals surface area contributed by atoms with E-state index in [4.69, 9.17) is 9.15 Å². The van der Waals surface area contributed by atoms with Crippen molar-refractivity contribution in [2.24, 2.45) is 0 Å². The lowest BCUT2D eigenvalue weighted by molar-refractivity contribution is 0.0176. The van der Waals surface area contributed by atoms with Gasteiger partial charge in [0.2, 0.25) is 6.39 Å². The molecule has 1 aliphatic heterocycles. The van der Waals surface area contributed by atoms with Crippen molar-refractivity contribution in [3.05, 3.63) is 82.9 Å². The molecule has 11 nitrogen and oxygen atoms in total. The van der Waals surface area contributed by atoms with Gasteiger partial charge in [-0.2, -0.15) is 0 Å². The number of aliphatic hydroxyl groups is 1. The summed E-state index contributed by atoms with van der Waals surface area (Å²) in [7, 11) is 0. The van der Waals surface area contributed by atoms with Gasteiger partial charge in [0.25, 0.3) is 11.4 Å². The van der Waals surface area contributed by atoms with Gasteiger partial charge in [-0.25, -0.2) is 14.1 Å². The topological polar surface area (TPSA) is 132 Å². The summed E-state index contributed by atoms with van der Waals surface area (Å²) < 4.78 is 29.4. The molecule has 0 unspecified atom stereocenters. The summed E-state index contributed by atoms with van der Waals surface area (Å²) >= 11 is 0. The summed E-state index contributed by atoms with van der Waals surface area (Å²) in [4.78, 5) is 17.1. The van der Waals surface area contributed by atoms with Crippen LogP contribution < -0.4 is 16.2 Å². The van der Waals surface area contributed by atoms with E-state index in [1.54, 1.807) is 12.1 Å². The Morgan fingerprint density at radius 3 is 2.78 bits per heavy atom. The highest BCUT2D eigenvalue weighted by atomic mass is 19.1. The fraction of sp³-hybridized carbons (Fsp3) is 0.200. The molecule has 6 rings (SSSR count). The molecule has 37 heavy (non-hydrogen) atoms. The second-order valence-electron chi connectivity index (χ2n) is 8.46. The van der Waals surface area contributed by atoms with Gasteiger partial charge >= 0.3 is 0 Å². The number of fused-ring (bicyclic) bond motifs is 3. The first-order valence-corrected chi connectivity index (χ1v) is 11.6. The van der Waals surface area contributed by atoms with Gasteiger partial charge in [0.15, 0.2) is 5.82 Å². The van der Waals surface area contributed by atoms with Crippen LogP contribution in [-0.4, -0.2) is 42.9 Å². The molecule has 188 valence electrons. The molecular weight excluding hydrogens is 481 g/mol. The normalized spacial score (nSPS) is 13.9. The van der Waals surface area contributed by atoms with Crippen molar-refractivity contribution in [1.29, 1.82) is 0 Å². The number of hydrogen-bond acceptors (Lipinski definition) is 9. The van der Waals surface area contributed by atoms with Crippen LogP contribution in [-0.2, 0) is 18.0 Å². The number of halogens is 1. The Morgan fingerprint density at radius 2 is 2.00 bits per heavy atom. The highest BCUT2D eigenvalue weighted by Crippen LogP contribution is 2.33. The van der Waals surface area contributed by atoms with Crippen molar-refractivity contribution in [2.75, 3.05) is 23.8 Å². The molecule has 2 aromatic carbocycles. The zero-order chi connectivity index (χ0) is 25.4. The minimum absolute atomic E-state index is 0.0896. The van der Waals surface area contributed by atoms with Crippen LogP contribution in [0.5, 0.6) is 0 Å². The minimum atomic E-state index is -0.589. The first kappa shape index (κ1) is 22.9. The van der Waals surface area contributed by atoms with E-state index in [9.17, 15) is 9.90 Å². The fourth-order valence-corrected chi connectivity index (χ4v) is 4.46. The first-order chi connectivity index (χ1) is 18.1. The average Bonchev–Trinajstić information content (AvgIpc) is 3.57. The number of ether oxygens (including phenoxy) is 1. The van der Waals surface area contributed by atoms with E-state index in [-0.39, 0.29) is 41.4 Å². The van der Waals surface area contributed by atoms with E-state index < -0.39 is 11.9 Å². The number of aliphatic hydroxyl groups excluding tert-OH is 1. The Morgan fingerprint density at radius 1 is 1.14 bits per heavy atom. The first-order valence-electron chi connectivity index (χ1n) is 11.6. The zero-order valence-electron chi connectivity index (χ0n) is 19.5. The van der Waals surface area contributed by atoms with Crippen LogP contribution in [0.1, 0.15) is 11.6 Å². The Hall–Kier alpha value is -4.55. The number of aromatic nitrogens is 5. The molecule has 0 saturated carbocycles. The molecule has 0 fully saturated rings. The summed E-state index contributed by atoms with van der Waals surface area (Å²) in [6.07, 6.45) is 2.73. The van der Waals surface area contributed by atoms with Gasteiger partial charge in [0, 0.05) is 12.3 Å². The van der Waals surface area contributed by atoms with Crippen LogP contribution in [0.4, 0.5) is 21.6 Å². The second-order valence-corrected chi connectivity index (χ2v) is 8.46. The number of nitrogens with zero attached hydrogens (tertiary/aromatic N) is 5. The largest absolute Gasteiger partial charge is 0.423 e. The van der Waals surface area contributed by atoms with Gasteiger partial charge in [-0.1, -0.05) is 30.3 Å². The van der Waals surface area contributed by atoms with Crippen molar-refractivity contribution in [1.82, 2.24) is 24.5 Å². The lowest BCUT2D eigenvalue weighted by atomic mass is 10.1. The second kappa shape index (κ2) is 9.48. The van der Waals surface area contributed by atoms with Crippen LogP contribution in [0.25, 0.3) is 22.4 Å². The quantitative estimate of drug-likeness (QED) is 0.306. The third kappa shape index (κ3) is 4.11. The molecule has 3 N–H and O–H groups in total. The number of nitrogens with one attached hydrogen (secondary N) is 2. The summed E-state index contributed by atoms with van der Waals surface area (Å²) in [6.45, 7) is 0.663. The van der Waals surface area contributed by atoms with Crippen LogP contribution in [0.15, 0.2) is 70.3 Å². The third-order valence-corrected chi connectivity index (χ3v) is 6.26. The number of rotatable bonds is 7. The summed E-state index contributed by atoms with van der Waals surface area (Å²) in [6, 6.07) is 13.8. The summed E-state index contributed by atoms with van der Waals surface area (Å²) in [5.74, 6) is -0.0298. The van der Waals surface area contributed by atoms with Gasteiger partial charge in [-0.3, -0.25) is 9.48 Å². The molecule has 0 spiro atoms. The van der Waals surface area contributed by atoms with E-state index in [1.165, 1.54) is 28.0 Å². The fourth-order valence-electron chi connectivity index (χ4n) is 4.46. The maximum Gasteiger partial charge on any atom is 0.274 e. The summed E-state index contributed by atoms with van der Waals surface area (Å²) in [5, 5.41) is 24.4. The maximum absolute atomic E-state index is 15.6. The van der Waals surface area contributed by atoms with Gasteiger partial charge in [0.05, 0.1) is 48.1 Å². The van der Waals surface area contributed by atoms with Crippen LogP contribution >= 0.6 is 0 Å². The van der Waals surface area contributed by atoms with Crippen molar-refractivity contribution < 1.29 is 18.7 Å². The summed E-state index contributed by atoms with van der Waals surface area (Å²) in [5.41, 5.74) is 1.98. The Bertz CT molecular complexity index is 1620. The maximum atomic E-state index is 15.6. The molecule has 0 bridgehead atoms. The number of benzene rings is 2. The van der Waals surface area contributed by atoms with Gasteiger partial charge in [-0.15, -0.1) is 10.2 Å². The molecule has 3 aromatic heterocycles. The molecule has 1 aliphatic rings. The third-order valence-electron chi connectivity index (χ3n) is 6.26. The highest BCUT2D eigenvalue weighted by molar-refractivity contribution is 5.85. The Labute approximate surface area is 209 Å². The van der Waals surface area contributed by atoms with Crippen LogP contribution in [0.3, 0.4) is 0 Å². The molecular formula is C25H22FN7O4. The molecule has 5 aromatic rings. The average molecular weight is 503 g/mol. The van der Waals surface area contributed by atoms with Crippen LogP contribution in [0, 0.1) is 5.82 Å². The molecule has 4 heterocycles. The molecule has 0 saturated heterocycles. The standard InChI is InChI=1S/C25H22FN7O4/c26-22-18(7-6-16-23(22)33-14-36-9-8-32(33)25(16)35)30-21-10-19(17(11-27-21)24-31-28-13-37-24)29-20(12-34)15-4-2-1-3-5-15/h1-7,10-11,13,20,34H,8-9,12,14H2,(H2,27,29,30)/t20-/m1/s1.